The molecule has 5 heteroatoms. The fourth-order valence-corrected chi connectivity index (χ4v) is 0.897. The largest absolute Gasteiger partial charge is 0.389 e. The molecule has 0 aliphatic heterocycles. The Kier molecular flexibility index (Phi) is 5.43. The molecule has 2 atom stereocenters. The third kappa shape index (κ3) is 3.58. The van der Waals surface area contributed by atoms with Crippen LogP contribution in [0.15, 0.2) is 0 Å². The summed E-state index contributed by atoms with van der Waals surface area (Å²) in [5.41, 5.74) is 4.60. The van der Waals surface area contributed by atoms with Crippen molar-refractivity contribution in [3.8, 4) is 0 Å². The molecule has 0 heterocycles. The predicted octanol–water partition coefficient (Wildman–Crippen LogP) is -1.28. The second-order valence-corrected chi connectivity index (χ2v) is 3.31. The highest BCUT2D eigenvalue weighted by Gasteiger charge is 2.36. The van der Waals surface area contributed by atoms with Gasteiger partial charge in [-0.25, -0.2) is 0 Å². The lowest BCUT2D eigenvalue weighted by molar-refractivity contribution is -0.0596. The minimum atomic E-state index is -1.12. The van der Waals surface area contributed by atoms with Crippen molar-refractivity contribution in [1.29, 1.82) is 0 Å². The number of aliphatic hydroxyl groups excluding tert-OH is 2. The zero-order valence-corrected chi connectivity index (χ0v) is 8.36. The molecule has 0 fully saturated rings. The van der Waals surface area contributed by atoms with Crippen LogP contribution in [0.1, 0.15) is 6.92 Å². The van der Waals surface area contributed by atoms with Gasteiger partial charge in [-0.2, -0.15) is 0 Å². The van der Waals surface area contributed by atoms with Crippen molar-refractivity contribution in [3.05, 3.63) is 0 Å². The number of rotatable bonds is 6. The van der Waals surface area contributed by atoms with Gasteiger partial charge in [-0.05, 0) is 6.92 Å². The Bertz CT molecular complexity index is 126. The van der Waals surface area contributed by atoms with E-state index in [0.717, 1.165) is 0 Å². The average molecular weight is 193 g/mol. The van der Waals surface area contributed by atoms with E-state index in [9.17, 15) is 10.2 Å². The van der Waals surface area contributed by atoms with E-state index in [-0.39, 0.29) is 13.2 Å². The second kappa shape index (κ2) is 5.51. The molecule has 0 amide bonds. The molecule has 80 valence electrons. The van der Waals surface area contributed by atoms with Gasteiger partial charge in [0.05, 0.1) is 31.0 Å². The van der Waals surface area contributed by atoms with Crippen molar-refractivity contribution < 1.29 is 19.7 Å². The molecule has 0 radical (unpaired) electrons. The molecule has 0 aromatic carbocycles. The maximum Gasteiger partial charge on any atom is 0.0975 e. The highest BCUT2D eigenvalue weighted by Crippen LogP contribution is 2.12. The highest BCUT2D eigenvalue weighted by atomic mass is 16.5. The topological polar surface area (TPSA) is 84.9 Å². The molecule has 0 aliphatic rings. The number of hydrogen-bond donors (Lipinski definition) is 3. The van der Waals surface area contributed by atoms with Crippen molar-refractivity contribution in [2.75, 3.05) is 27.4 Å². The van der Waals surface area contributed by atoms with E-state index in [2.05, 4.69) is 0 Å². The summed E-state index contributed by atoms with van der Waals surface area (Å²) < 4.78 is 9.47. The molecule has 13 heavy (non-hydrogen) atoms. The van der Waals surface area contributed by atoms with Crippen molar-refractivity contribution in [2.45, 2.75) is 24.7 Å². The Morgan fingerprint density at radius 3 is 1.69 bits per heavy atom. The first-order chi connectivity index (χ1) is 5.96. The lowest BCUT2D eigenvalue weighted by Gasteiger charge is -2.34. The summed E-state index contributed by atoms with van der Waals surface area (Å²) in [4.78, 5) is 0. The predicted molar refractivity (Wildman–Crippen MR) is 48.4 cm³/mol. The molecule has 0 saturated heterocycles. The van der Waals surface area contributed by atoms with Crippen LogP contribution >= 0.6 is 0 Å². The van der Waals surface area contributed by atoms with Gasteiger partial charge in [0.1, 0.15) is 0 Å². The first-order valence-electron chi connectivity index (χ1n) is 4.09. The lowest BCUT2D eigenvalue weighted by Crippen LogP contribution is -2.59. The fraction of sp³-hybridized carbons (Fsp3) is 1.00. The molecule has 0 rings (SSSR count). The van der Waals surface area contributed by atoms with Crippen LogP contribution in [0.4, 0.5) is 0 Å². The van der Waals surface area contributed by atoms with Crippen LogP contribution in [-0.4, -0.2) is 55.4 Å². The SMILES string of the molecule is COCC(O)C(C)(N)C(O)COC. The smallest absolute Gasteiger partial charge is 0.0975 e. The minimum Gasteiger partial charge on any atom is -0.389 e. The summed E-state index contributed by atoms with van der Waals surface area (Å²) in [6.45, 7) is 1.74. The molecule has 0 aromatic rings. The number of aliphatic hydroxyl groups is 2. The molecule has 5 nitrogen and oxygen atoms in total. The summed E-state index contributed by atoms with van der Waals surface area (Å²) in [5.74, 6) is 0. The fourth-order valence-electron chi connectivity index (χ4n) is 0.897. The van der Waals surface area contributed by atoms with Gasteiger partial charge in [-0.3, -0.25) is 0 Å². The van der Waals surface area contributed by atoms with Gasteiger partial charge >= 0.3 is 0 Å². The van der Waals surface area contributed by atoms with E-state index in [1.165, 1.54) is 14.2 Å². The molecule has 0 spiro atoms. The van der Waals surface area contributed by atoms with Gasteiger partial charge in [0.25, 0.3) is 0 Å². The van der Waals surface area contributed by atoms with Crippen molar-refractivity contribution >= 4 is 0 Å². The summed E-state index contributed by atoms with van der Waals surface area (Å²) >= 11 is 0. The molecule has 0 aromatic heterocycles. The molecular formula is C8H19NO4. The molecule has 4 N–H and O–H groups in total. The van der Waals surface area contributed by atoms with Crippen LogP contribution in [-0.2, 0) is 9.47 Å². The standard InChI is InChI=1S/C8H19NO4/c1-8(9,6(10)4-12-2)7(11)5-13-3/h6-7,10-11H,4-5,9H2,1-3H3. The third-order valence-corrected chi connectivity index (χ3v) is 2.09. The Morgan fingerprint density at radius 1 is 1.15 bits per heavy atom. The second-order valence-electron chi connectivity index (χ2n) is 3.31. The monoisotopic (exact) mass is 193 g/mol. The van der Waals surface area contributed by atoms with E-state index in [4.69, 9.17) is 15.2 Å². The number of nitrogens with two attached hydrogens (primary N) is 1. The van der Waals surface area contributed by atoms with Crippen LogP contribution in [0, 0.1) is 0 Å². The van der Waals surface area contributed by atoms with E-state index in [1.54, 1.807) is 6.92 Å². The molecule has 0 bridgehead atoms. The summed E-state index contributed by atoms with van der Waals surface area (Å²) in [5, 5.41) is 19.0. The van der Waals surface area contributed by atoms with E-state index in [1.807, 2.05) is 0 Å². The highest BCUT2D eigenvalue weighted by molar-refractivity contribution is 4.93. The van der Waals surface area contributed by atoms with Crippen LogP contribution in [0.5, 0.6) is 0 Å². The number of hydrogen-bond acceptors (Lipinski definition) is 5. The Labute approximate surface area is 78.4 Å². The van der Waals surface area contributed by atoms with Crippen LogP contribution in [0.3, 0.4) is 0 Å². The molecule has 0 saturated carbocycles. The zero-order chi connectivity index (χ0) is 10.5. The van der Waals surface area contributed by atoms with Gasteiger partial charge in [-0.15, -0.1) is 0 Å². The van der Waals surface area contributed by atoms with E-state index < -0.39 is 17.7 Å². The lowest BCUT2D eigenvalue weighted by atomic mass is 9.90. The third-order valence-electron chi connectivity index (χ3n) is 2.09. The van der Waals surface area contributed by atoms with Gasteiger partial charge in [0.15, 0.2) is 0 Å². The average Bonchev–Trinajstić information content (AvgIpc) is 2.05. The Balaban J connectivity index is 4.17. The Hall–Kier alpha value is -0.200. The van der Waals surface area contributed by atoms with Crippen molar-refractivity contribution in [2.24, 2.45) is 5.73 Å². The van der Waals surface area contributed by atoms with Crippen molar-refractivity contribution in [1.82, 2.24) is 0 Å². The van der Waals surface area contributed by atoms with Crippen molar-refractivity contribution in [3.63, 3.8) is 0 Å². The maximum absolute atomic E-state index is 9.51. The zero-order valence-electron chi connectivity index (χ0n) is 8.36. The minimum absolute atomic E-state index is 0.0910. The van der Waals surface area contributed by atoms with Gasteiger partial charge in [-0.1, -0.05) is 0 Å². The summed E-state index contributed by atoms with van der Waals surface area (Å²) in [6, 6.07) is 0. The number of methoxy groups -OCH3 is 2. The van der Waals surface area contributed by atoms with Crippen LogP contribution in [0.2, 0.25) is 0 Å². The van der Waals surface area contributed by atoms with E-state index >= 15 is 0 Å². The Morgan fingerprint density at radius 2 is 1.46 bits per heavy atom. The van der Waals surface area contributed by atoms with Crippen LogP contribution < -0.4 is 5.73 Å². The maximum atomic E-state index is 9.51. The van der Waals surface area contributed by atoms with Gasteiger partial charge in [0, 0.05) is 14.2 Å². The number of ether oxygens (including phenoxy) is 2. The molecular weight excluding hydrogens is 174 g/mol. The molecule has 2 unspecified atom stereocenters. The normalized spacial score (nSPS) is 20.8. The van der Waals surface area contributed by atoms with Gasteiger partial charge < -0.3 is 25.4 Å². The first kappa shape index (κ1) is 12.8. The van der Waals surface area contributed by atoms with Crippen LogP contribution in [0.25, 0.3) is 0 Å². The quantitative estimate of drug-likeness (QED) is 0.489. The summed E-state index contributed by atoms with van der Waals surface area (Å²) in [7, 11) is 2.92. The first-order valence-corrected chi connectivity index (χ1v) is 4.09. The van der Waals surface area contributed by atoms with Gasteiger partial charge in [0.2, 0.25) is 0 Å². The van der Waals surface area contributed by atoms with E-state index in [0.29, 0.717) is 0 Å². The summed E-state index contributed by atoms with van der Waals surface area (Å²) in [6.07, 6.45) is -1.83. The molecule has 0 aliphatic carbocycles.